The molecule has 5 nitrogen and oxygen atoms in total. The number of halogens is 2. The molecule has 1 heterocycles. The number of hydrogen-bond donors (Lipinski definition) is 2. The van der Waals surface area contributed by atoms with Crippen LogP contribution < -0.4 is 10.9 Å². The normalized spacial score (nSPS) is 15.9. The molecular formula is C23H21F2N3O2. The van der Waals surface area contributed by atoms with Crippen molar-refractivity contribution >= 4 is 5.91 Å². The van der Waals surface area contributed by atoms with E-state index >= 15 is 0 Å². The van der Waals surface area contributed by atoms with Gasteiger partial charge in [-0.1, -0.05) is 36.4 Å². The summed E-state index contributed by atoms with van der Waals surface area (Å²) < 4.78 is 26.8. The third-order valence-electron chi connectivity index (χ3n) is 5.46. The maximum atomic E-state index is 13.8. The van der Waals surface area contributed by atoms with Crippen molar-refractivity contribution in [1.29, 1.82) is 0 Å². The largest absolute Gasteiger partial charge is 0.352 e. The van der Waals surface area contributed by atoms with Crippen LogP contribution in [0.3, 0.4) is 0 Å². The first-order chi connectivity index (χ1) is 14.5. The Bertz CT molecular complexity index is 1130. The molecule has 0 fully saturated rings. The predicted molar refractivity (Wildman–Crippen MR) is 109 cm³/mol. The molecule has 0 saturated heterocycles. The number of aromatic nitrogens is 2. The first-order valence-electron chi connectivity index (χ1n) is 9.90. The number of benzene rings is 2. The lowest BCUT2D eigenvalue weighted by atomic mass is 9.98. The number of hydrogen-bond acceptors (Lipinski definition) is 3. The first kappa shape index (κ1) is 19.9. The highest BCUT2D eigenvalue weighted by atomic mass is 19.1. The van der Waals surface area contributed by atoms with Crippen LogP contribution in [-0.4, -0.2) is 15.9 Å². The van der Waals surface area contributed by atoms with Crippen molar-refractivity contribution in [2.24, 2.45) is 5.92 Å². The Kier molecular flexibility index (Phi) is 5.70. The number of amides is 1. The van der Waals surface area contributed by atoms with Crippen LogP contribution in [0.5, 0.6) is 0 Å². The van der Waals surface area contributed by atoms with Gasteiger partial charge in [-0.25, -0.2) is 13.8 Å². The quantitative estimate of drug-likeness (QED) is 0.648. The number of nitrogens with one attached hydrogen (secondary N) is 2. The molecule has 1 atom stereocenters. The summed E-state index contributed by atoms with van der Waals surface area (Å²) >= 11 is 0. The van der Waals surface area contributed by atoms with E-state index in [2.05, 4.69) is 15.3 Å². The van der Waals surface area contributed by atoms with Gasteiger partial charge in [0.1, 0.15) is 17.5 Å². The molecule has 1 amide bonds. The summed E-state index contributed by atoms with van der Waals surface area (Å²) in [7, 11) is 0. The van der Waals surface area contributed by atoms with Gasteiger partial charge in [-0.05, 0) is 31.7 Å². The number of carbonyl (C=O) groups is 1. The average molecular weight is 409 g/mol. The second kappa shape index (κ2) is 8.57. The van der Waals surface area contributed by atoms with Crippen molar-refractivity contribution in [3.8, 4) is 11.4 Å². The van der Waals surface area contributed by atoms with E-state index in [4.69, 9.17) is 0 Å². The summed E-state index contributed by atoms with van der Waals surface area (Å²) in [6, 6.07) is 12.7. The second-order valence-corrected chi connectivity index (χ2v) is 7.43. The Morgan fingerprint density at radius 1 is 1.10 bits per heavy atom. The number of aromatic amines is 1. The number of nitrogens with zero attached hydrogens (tertiary/aromatic N) is 1. The fraction of sp³-hybridized carbons (Fsp3) is 0.261. The number of rotatable bonds is 4. The van der Waals surface area contributed by atoms with Crippen LogP contribution in [0.1, 0.15) is 29.7 Å². The van der Waals surface area contributed by atoms with Gasteiger partial charge in [-0.2, -0.15) is 0 Å². The molecule has 1 aromatic heterocycles. The highest BCUT2D eigenvalue weighted by Gasteiger charge is 2.25. The Hall–Kier alpha value is -3.35. The van der Waals surface area contributed by atoms with Crippen LogP contribution in [0, 0.1) is 17.6 Å². The van der Waals surface area contributed by atoms with Crippen molar-refractivity contribution in [2.75, 3.05) is 0 Å². The molecule has 154 valence electrons. The van der Waals surface area contributed by atoms with E-state index in [1.165, 1.54) is 6.07 Å². The summed E-state index contributed by atoms with van der Waals surface area (Å²) in [6.07, 6.45) is 2.04. The van der Waals surface area contributed by atoms with E-state index in [1.807, 2.05) is 30.3 Å². The van der Waals surface area contributed by atoms with Gasteiger partial charge in [0.15, 0.2) is 0 Å². The molecule has 0 spiro atoms. The molecule has 1 aliphatic carbocycles. The summed E-state index contributed by atoms with van der Waals surface area (Å²) in [6.45, 7) is -0.00855. The Labute approximate surface area is 172 Å². The maximum absolute atomic E-state index is 13.8. The summed E-state index contributed by atoms with van der Waals surface area (Å²) in [4.78, 5) is 32.7. The van der Waals surface area contributed by atoms with Crippen molar-refractivity contribution in [1.82, 2.24) is 15.3 Å². The molecule has 0 saturated carbocycles. The van der Waals surface area contributed by atoms with Crippen molar-refractivity contribution in [3.63, 3.8) is 0 Å². The predicted octanol–water partition coefficient (Wildman–Crippen LogP) is 3.53. The van der Waals surface area contributed by atoms with E-state index < -0.39 is 11.6 Å². The van der Waals surface area contributed by atoms with Crippen LogP contribution in [0.15, 0.2) is 53.3 Å². The maximum Gasteiger partial charge on any atom is 0.254 e. The highest BCUT2D eigenvalue weighted by Crippen LogP contribution is 2.24. The van der Waals surface area contributed by atoms with Gasteiger partial charge in [-0.15, -0.1) is 0 Å². The molecule has 2 aromatic carbocycles. The zero-order valence-corrected chi connectivity index (χ0v) is 16.3. The molecule has 3 aromatic rings. The zero-order valence-electron chi connectivity index (χ0n) is 16.3. The van der Waals surface area contributed by atoms with Gasteiger partial charge >= 0.3 is 0 Å². The fourth-order valence-corrected chi connectivity index (χ4v) is 3.77. The molecule has 1 aliphatic rings. The molecule has 1 unspecified atom stereocenters. The molecule has 2 N–H and O–H groups in total. The first-order valence-corrected chi connectivity index (χ1v) is 9.90. The Morgan fingerprint density at radius 2 is 1.87 bits per heavy atom. The molecule has 7 heteroatoms. The number of fused-ring (bicyclic) bond motifs is 1. The van der Waals surface area contributed by atoms with Crippen LogP contribution in [0.25, 0.3) is 11.4 Å². The summed E-state index contributed by atoms with van der Waals surface area (Å²) in [5, 5.41) is 2.73. The molecule has 0 aliphatic heterocycles. The SMILES string of the molecule is O=C(NCc1ccc(F)cc1F)C1CCc2nc(-c3ccccc3)[nH]c(=O)c2CC1. The van der Waals surface area contributed by atoms with Crippen molar-refractivity contribution < 1.29 is 13.6 Å². The van der Waals surface area contributed by atoms with Crippen LogP contribution >= 0.6 is 0 Å². The molecule has 4 rings (SSSR count). The van der Waals surface area contributed by atoms with Crippen molar-refractivity contribution in [3.05, 3.63) is 87.3 Å². The second-order valence-electron chi connectivity index (χ2n) is 7.43. The average Bonchev–Trinajstić information content (AvgIpc) is 2.97. The van der Waals surface area contributed by atoms with Gasteiger partial charge in [0.05, 0.1) is 5.69 Å². The minimum atomic E-state index is -0.687. The van der Waals surface area contributed by atoms with Gasteiger partial charge < -0.3 is 10.3 Å². The highest BCUT2D eigenvalue weighted by molar-refractivity contribution is 5.78. The third kappa shape index (κ3) is 4.30. The van der Waals surface area contributed by atoms with E-state index in [0.717, 1.165) is 23.4 Å². The standard InChI is InChI=1S/C23H21F2N3O2/c24-17-9-6-16(19(25)12-17)13-26-22(29)15-7-10-18-20(11-8-15)27-21(28-23(18)30)14-4-2-1-3-5-14/h1-6,9,12,15H,7-8,10-11,13H2,(H,26,29)(H,27,28,30). The van der Waals surface area contributed by atoms with E-state index in [-0.39, 0.29) is 29.5 Å². The number of aryl methyl sites for hydroxylation is 1. The minimum Gasteiger partial charge on any atom is -0.352 e. The molecule has 30 heavy (non-hydrogen) atoms. The van der Waals surface area contributed by atoms with Gasteiger partial charge in [0, 0.05) is 35.2 Å². The molecule has 0 radical (unpaired) electrons. The summed E-state index contributed by atoms with van der Waals surface area (Å²) in [5.41, 5.74) is 2.23. The van der Waals surface area contributed by atoms with Crippen LogP contribution in [0.4, 0.5) is 8.78 Å². The van der Waals surface area contributed by atoms with Crippen LogP contribution in [-0.2, 0) is 24.2 Å². The van der Waals surface area contributed by atoms with Gasteiger partial charge in [0.2, 0.25) is 5.91 Å². The van der Waals surface area contributed by atoms with Crippen molar-refractivity contribution in [2.45, 2.75) is 32.2 Å². The van der Waals surface area contributed by atoms with Gasteiger partial charge in [-0.3, -0.25) is 9.59 Å². The lowest BCUT2D eigenvalue weighted by Gasteiger charge is -2.14. The summed E-state index contributed by atoms with van der Waals surface area (Å²) in [5.74, 6) is -1.33. The monoisotopic (exact) mass is 409 g/mol. The third-order valence-corrected chi connectivity index (χ3v) is 5.46. The number of H-pyrrole nitrogens is 1. The zero-order chi connectivity index (χ0) is 21.1. The van der Waals surface area contributed by atoms with E-state index in [1.54, 1.807) is 0 Å². The lowest BCUT2D eigenvalue weighted by molar-refractivity contribution is -0.125. The minimum absolute atomic E-state index is 0.00855. The van der Waals surface area contributed by atoms with E-state index in [0.29, 0.717) is 37.1 Å². The molecular weight excluding hydrogens is 388 g/mol. The topological polar surface area (TPSA) is 74.8 Å². The van der Waals surface area contributed by atoms with E-state index in [9.17, 15) is 18.4 Å². The smallest absolute Gasteiger partial charge is 0.254 e. The lowest BCUT2D eigenvalue weighted by Crippen LogP contribution is -2.30. The molecule has 0 bridgehead atoms. The Balaban J connectivity index is 1.45. The van der Waals surface area contributed by atoms with Crippen LogP contribution in [0.2, 0.25) is 0 Å². The fourth-order valence-electron chi connectivity index (χ4n) is 3.77. The Morgan fingerprint density at radius 3 is 2.63 bits per heavy atom. The number of carbonyl (C=O) groups excluding carboxylic acids is 1. The van der Waals surface area contributed by atoms with Gasteiger partial charge in [0.25, 0.3) is 5.56 Å².